The number of aromatic nitrogens is 2. The standard InChI is InChI=1S/C24H27N3O5/c1-4-32-19-13-15(7-9-18(19)29)23-20-21(16-12-14(2)6-8-17(16)28)25-26-22(20)24(30)27(23)10-5-11-31-3/h6-9,12-13,23,28-29H,4-5,10-11H2,1-3H3,(H,25,26). The van der Waals surface area contributed by atoms with Gasteiger partial charge in [0, 0.05) is 31.4 Å². The van der Waals surface area contributed by atoms with Gasteiger partial charge in [0.2, 0.25) is 0 Å². The molecule has 1 aliphatic heterocycles. The van der Waals surface area contributed by atoms with Gasteiger partial charge in [0.05, 0.1) is 12.6 Å². The van der Waals surface area contributed by atoms with Crippen LogP contribution in [0.2, 0.25) is 0 Å². The Balaban J connectivity index is 1.87. The molecule has 0 fully saturated rings. The van der Waals surface area contributed by atoms with Crippen LogP contribution in [0.25, 0.3) is 11.3 Å². The summed E-state index contributed by atoms with van der Waals surface area (Å²) in [5.74, 6) is 0.314. The van der Waals surface area contributed by atoms with Crippen LogP contribution in [0, 0.1) is 6.92 Å². The Morgan fingerprint density at radius 1 is 1.16 bits per heavy atom. The van der Waals surface area contributed by atoms with Crippen LogP contribution in [0.4, 0.5) is 0 Å². The Morgan fingerprint density at radius 2 is 1.94 bits per heavy atom. The number of amides is 1. The quantitative estimate of drug-likeness (QED) is 0.463. The molecule has 1 unspecified atom stereocenters. The number of aryl methyl sites for hydroxylation is 1. The Kier molecular flexibility index (Phi) is 6.05. The number of carbonyl (C=O) groups is 1. The second kappa shape index (κ2) is 8.92. The third-order valence-corrected chi connectivity index (χ3v) is 5.62. The number of hydrogen-bond acceptors (Lipinski definition) is 6. The van der Waals surface area contributed by atoms with Gasteiger partial charge in [-0.1, -0.05) is 17.7 Å². The highest BCUT2D eigenvalue weighted by Crippen LogP contribution is 2.45. The van der Waals surface area contributed by atoms with E-state index in [9.17, 15) is 15.0 Å². The lowest BCUT2D eigenvalue weighted by Crippen LogP contribution is -2.31. The van der Waals surface area contributed by atoms with Gasteiger partial charge in [-0.15, -0.1) is 0 Å². The van der Waals surface area contributed by atoms with Gasteiger partial charge in [0.15, 0.2) is 11.5 Å². The smallest absolute Gasteiger partial charge is 0.273 e. The fourth-order valence-electron chi connectivity index (χ4n) is 4.17. The normalized spacial score (nSPS) is 15.3. The van der Waals surface area contributed by atoms with Gasteiger partial charge >= 0.3 is 0 Å². The Bertz CT molecular complexity index is 1140. The fraction of sp³-hybridized carbons (Fsp3) is 0.333. The maximum atomic E-state index is 13.3. The van der Waals surface area contributed by atoms with E-state index in [-0.39, 0.29) is 17.4 Å². The zero-order chi connectivity index (χ0) is 22.8. The van der Waals surface area contributed by atoms with Crippen molar-refractivity contribution in [2.24, 2.45) is 0 Å². The van der Waals surface area contributed by atoms with Gasteiger partial charge in [0.1, 0.15) is 17.1 Å². The number of aromatic hydroxyl groups is 2. The molecule has 3 N–H and O–H groups in total. The topological polar surface area (TPSA) is 108 Å². The molecule has 1 atom stereocenters. The fourth-order valence-corrected chi connectivity index (χ4v) is 4.17. The number of fused-ring (bicyclic) bond motifs is 1. The van der Waals surface area contributed by atoms with E-state index in [1.807, 2.05) is 26.0 Å². The molecule has 1 amide bonds. The number of phenolic OH excluding ortho intramolecular Hbond substituents is 2. The molecule has 0 aliphatic carbocycles. The van der Waals surface area contributed by atoms with Crippen molar-refractivity contribution < 1.29 is 24.5 Å². The molecule has 32 heavy (non-hydrogen) atoms. The van der Waals surface area contributed by atoms with Crippen LogP contribution in [0.15, 0.2) is 36.4 Å². The van der Waals surface area contributed by atoms with Crippen molar-refractivity contribution in [3.63, 3.8) is 0 Å². The predicted octanol–water partition coefficient (Wildman–Crippen LogP) is 3.78. The van der Waals surface area contributed by atoms with Crippen LogP contribution in [-0.4, -0.2) is 58.1 Å². The van der Waals surface area contributed by atoms with Gasteiger partial charge in [0.25, 0.3) is 5.91 Å². The lowest BCUT2D eigenvalue weighted by molar-refractivity contribution is 0.0723. The van der Waals surface area contributed by atoms with Crippen molar-refractivity contribution in [2.75, 3.05) is 26.9 Å². The molecule has 8 heteroatoms. The van der Waals surface area contributed by atoms with Crippen molar-refractivity contribution in [1.82, 2.24) is 15.1 Å². The first-order valence-electron chi connectivity index (χ1n) is 10.6. The van der Waals surface area contributed by atoms with Crippen molar-refractivity contribution in [2.45, 2.75) is 26.3 Å². The van der Waals surface area contributed by atoms with Gasteiger partial charge in [-0.05, 0) is 50.1 Å². The first-order chi connectivity index (χ1) is 15.5. The highest BCUT2D eigenvalue weighted by atomic mass is 16.5. The molecule has 8 nitrogen and oxygen atoms in total. The third-order valence-electron chi connectivity index (χ3n) is 5.62. The van der Waals surface area contributed by atoms with Crippen molar-refractivity contribution in [1.29, 1.82) is 0 Å². The number of phenols is 2. The molecule has 2 aromatic carbocycles. The van der Waals surface area contributed by atoms with Crippen LogP contribution in [-0.2, 0) is 4.74 Å². The number of aromatic amines is 1. The number of carbonyl (C=O) groups excluding carboxylic acids is 1. The monoisotopic (exact) mass is 437 g/mol. The zero-order valence-electron chi connectivity index (χ0n) is 18.4. The summed E-state index contributed by atoms with van der Waals surface area (Å²) in [7, 11) is 1.63. The Hall–Kier alpha value is -3.52. The summed E-state index contributed by atoms with van der Waals surface area (Å²) in [5, 5.41) is 28.0. The Labute approximate surface area is 186 Å². The summed E-state index contributed by atoms with van der Waals surface area (Å²) in [6.45, 7) is 5.17. The van der Waals surface area contributed by atoms with Crippen molar-refractivity contribution in [3.05, 3.63) is 58.8 Å². The lowest BCUT2D eigenvalue weighted by Gasteiger charge is -2.27. The second-order valence-corrected chi connectivity index (χ2v) is 7.79. The minimum Gasteiger partial charge on any atom is -0.507 e. The van der Waals surface area contributed by atoms with Gasteiger partial charge in [-0.2, -0.15) is 5.10 Å². The highest BCUT2D eigenvalue weighted by molar-refractivity contribution is 6.00. The summed E-state index contributed by atoms with van der Waals surface area (Å²) in [6.07, 6.45) is 0.665. The van der Waals surface area contributed by atoms with Crippen molar-refractivity contribution in [3.8, 4) is 28.5 Å². The molecule has 0 radical (unpaired) electrons. The molecule has 0 saturated carbocycles. The summed E-state index contributed by atoms with van der Waals surface area (Å²) in [6, 6.07) is 9.94. The zero-order valence-corrected chi connectivity index (χ0v) is 18.4. The van der Waals surface area contributed by atoms with E-state index in [2.05, 4.69) is 10.2 Å². The van der Waals surface area contributed by atoms with Crippen molar-refractivity contribution >= 4 is 5.91 Å². The van der Waals surface area contributed by atoms with Gasteiger partial charge in [-0.25, -0.2) is 0 Å². The van der Waals surface area contributed by atoms with Crippen LogP contribution >= 0.6 is 0 Å². The first-order valence-corrected chi connectivity index (χ1v) is 10.6. The number of hydrogen-bond donors (Lipinski definition) is 3. The largest absolute Gasteiger partial charge is 0.507 e. The lowest BCUT2D eigenvalue weighted by atomic mass is 9.94. The molecule has 0 saturated heterocycles. The average Bonchev–Trinajstić information content (AvgIpc) is 3.31. The molecule has 1 aromatic heterocycles. The molecule has 0 bridgehead atoms. The number of benzene rings is 2. The van der Waals surface area contributed by atoms with E-state index in [1.54, 1.807) is 36.3 Å². The summed E-state index contributed by atoms with van der Waals surface area (Å²) >= 11 is 0. The first kappa shape index (κ1) is 21.7. The highest BCUT2D eigenvalue weighted by Gasteiger charge is 2.42. The van der Waals surface area contributed by atoms with Crippen LogP contribution in [0.5, 0.6) is 17.2 Å². The molecule has 1 aliphatic rings. The maximum Gasteiger partial charge on any atom is 0.273 e. The average molecular weight is 437 g/mol. The number of nitrogens with one attached hydrogen (secondary N) is 1. The number of rotatable bonds is 8. The SMILES string of the molecule is CCOc1cc(C2c3c(-c4cc(C)ccc4O)n[nH]c3C(=O)N2CCCOC)ccc1O. The number of H-pyrrole nitrogens is 1. The minimum absolute atomic E-state index is 0.0369. The minimum atomic E-state index is -0.456. The molecule has 168 valence electrons. The van der Waals surface area contributed by atoms with Crippen LogP contribution < -0.4 is 4.74 Å². The molecular formula is C24H27N3O5. The van der Waals surface area contributed by atoms with Crippen LogP contribution in [0.1, 0.15) is 46.6 Å². The molecule has 3 aromatic rings. The molecule has 0 spiro atoms. The Morgan fingerprint density at radius 3 is 2.69 bits per heavy atom. The molecule has 2 heterocycles. The molecule has 4 rings (SSSR count). The molecular weight excluding hydrogens is 410 g/mol. The summed E-state index contributed by atoms with van der Waals surface area (Å²) < 4.78 is 10.8. The number of ether oxygens (including phenoxy) is 2. The van der Waals surface area contributed by atoms with Crippen LogP contribution in [0.3, 0.4) is 0 Å². The van der Waals surface area contributed by atoms with E-state index in [0.717, 1.165) is 11.1 Å². The van der Waals surface area contributed by atoms with E-state index in [1.165, 1.54) is 0 Å². The van der Waals surface area contributed by atoms with Gasteiger partial charge < -0.3 is 24.6 Å². The third kappa shape index (κ3) is 3.78. The predicted molar refractivity (Wildman–Crippen MR) is 119 cm³/mol. The van der Waals surface area contributed by atoms with E-state index < -0.39 is 6.04 Å². The van der Waals surface area contributed by atoms with E-state index in [0.29, 0.717) is 54.4 Å². The second-order valence-electron chi connectivity index (χ2n) is 7.79. The number of methoxy groups -OCH3 is 1. The number of nitrogens with zero attached hydrogens (tertiary/aromatic N) is 2. The summed E-state index contributed by atoms with van der Waals surface area (Å²) in [5.41, 5.74) is 3.93. The van der Waals surface area contributed by atoms with Gasteiger partial charge in [-0.3, -0.25) is 9.89 Å². The van der Waals surface area contributed by atoms with E-state index >= 15 is 0 Å². The summed E-state index contributed by atoms with van der Waals surface area (Å²) in [4.78, 5) is 15.1. The maximum absolute atomic E-state index is 13.3. The van der Waals surface area contributed by atoms with E-state index in [4.69, 9.17) is 9.47 Å².